The van der Waals surface area contributed by atoms with Crippen LogP contribution >= 0.6 is 0 Å². The van der Waals surface area contributed by atoms with Gasteiger partial charge in [0.1, 0.15) is 8.24 Å². The standard InChI is InChI=1S/C10H27NO3Si2/c1-8-9-16(12-3,13-4)14-10-11(2)15(5,6)7/h8-10H2,1-7H3. The summed E-state index contributed by atoms with van der Waals surface area (Å²) < 4.78 is 19.1. The first kappa shape index (κ1) is 16.3. The van der Waals surface area contributed by atoms with Crippen LogP contribution < -0.4 is 0 Å². The van der Waals surface area contributed by atoms with Crippen molar-refractivity contribution in [2.75, 3.05) is 28.0 Å². The third kappa shape index (κ3) is 5.07. The maximum atomic E-state index is 5.91. The van der Waals surface area contributed by atoms with E-state index in [-0.39, 0.29) is 0 Å². The third-order valence-electron chi connectivity index (χ3n) is 2.80. The molecule has 4 nitrogen and oxygen atoms in total. The maximum Gasteiger partial charge on any atom is 0.501 e. The second-order valence-corrected chi connectivity index (χ2v) is 13.1. The Morgan fingerprint density at radius 2 is 1.56 bits per heavy atom. The molecule has 0 aliphatic heterocycles. The molecule has 0 N–H and O–H groups in total. The Hall–Kier alpha value is 0.274. The van der Waals surface area contributed by atoms with Gasteiger partial charge in [-0.1, -0.05) is 33.0 Å². The minimum Gasteiger partial charge on any atom is -0.377 e. The molecule has 0 heterocycles. The molecule has 0 aliphatic carbocycles. The van der Waals surface area contributed by atoms with Gasteiger partial charge in [0.05, 0.1) is 6.73 Å². The minimum atomic E-state index is -2.40. The van der Waals surface area contributed by atoms with Crippen molar-refractivity contribution < 1.29 is 13.3 Å². The third-order valence-corrected chi connectivity index (χ3v) is 8.15. The number of nitrogens with zero attached hydrogens (tertiary/aromatic N) is 1. The highest BCUT2D eigenvalue weighted by atomic mass is 28.4. The van der Waals surface area contributed by atoms with Crippen LogP contribution in [0.4, 0.5) is 0 Å². The van der Waals surface area contributed by atoms with Crippen molar-refractivity contribution in [2.24, 2.45) is 0 Å². The van der Waals surface area contributed by atoms with Crippen molar-refractivity contribution in [1.82, 2.24) is 4.57 Å². The van der Waals surface area contributed by atoms with Crippen LogP contribution in [0.25, 0.3) is 0 Å². The first-order valence-electron chi connectivity index (χ1n) is 5.77. The van der Waals surface area contributed by atoms with E-state index in [0.717, 1.165) is 12.5 Å². The van der Waals surface area contributed by atoms with Gasteiger partial charge in [0.2, 0.25) is 0 Å². The van der Waals surface area contributed by atoms with Gasteiger partial charge in [0, 0.05) is 20.3 Å². The van der Waals surface area contributed by atoms with Crippen LogP contribution in [-0.2, 0) is 13.3 Å². The largest absolute Gasteiger partial charge is 0.501 e. The van der Waals surface area contributed by atoms with Crippen LogP contribution in [0.1, 0.15) is 13.3 Å². The molecule has 0 rings (SSSR count). The predicted molar refractivity (Wildman–Crippen MR) is 71.9 cm³/mol. The molecule has 0 saturated heterocycles. The predicted octanol–water partition coefficient (Wildman–Crippen LogP) is 2.37. The molecule has 0 fully saturated rings. The van der Waals surface area contributed by atoms with Crippen molar-refractivity contribution in [3.05, 3.63) is 0 Å². The van der Waals surface area contributed by atoms with Crippen molar-refractivity contribution in [2.45, 2.75) is 39.0 Å². The van der Waals surface area contributed by atoms with E-state index in [2.05, 4.69) is 38.2 Å². The second kappa shape index (κ2) is 6.88. The molecule has 0 bridgehead atoms. The topological polar surface area (TPSA) is 30.9 Å². The maximum absolute atomic E-state index is 5.91. The van der Waals surface area contributed by atoms with Gasteiger partial charge in [-0.05, 0) is 7.05 Å². The Kier molecular flexibility index (Phi) is 6.99. The number of hydrogen-bond donors (Lipinski definition) is 0. The fraction of sp³-hybridized carbons (Fsp3) is 1.00. The highest BCUT2D eigenvalue weighted by Crippen LogP contribution is 2.17. The van der Waals surface area contributed by atoms with Gasteiger partial charge in [-0.25, -0.2) is 0 Å². The first-order valence-corrected chi connectivity index (χ1v) is 11.1. The molecule has 0 aromatic rings. The van der Waals surface area contributed by atoms with Gasteiger partial charge in [-0.15, -0.1) is 0 Å². The summed E-state index contributed by atoms with van der Waals surface area (Å²) in [5.41, 5.74) is 0. The van der Waals surface area contributed by atoms with Crippen molar-refractivity contribution >= 4 is 17.0 Å². The van der Waals surface area contributed by atoms with Crippen LogP contribution in [0.2, 0.25) is 25.7 Å². The lowest BCUT2D eigenvalue weighted by atomic mass is 10.6. The molecule has 0 unspecified atom stereocenters. The zero-order chi connectivity index (χ0) is 12.8. The summed E-state index contributed by atoms with van der Waals surface area (Å²) >= 11 is 0. The molecule has 98 valence electrons. The van der Waals surface area contributed by atoms with Crippen molar-refractivity contribution in [3.63, 3.8) is 0 Å². The van der Waals surface area contributed by atoms with Gasteiger partial charge >= 0.3 is 8.80 Å². The lowest BCUT2D eigenvalue weighted by Crippen LogP contribution is -2.50. The van der Waals surface area contributed by atoms with E-state index in [9.17, 15) is 0 Å². The zero-order valence-corrected chi connectivity index (χ0v) is 13.8. The van der Waals surface area contributed by atoms with Gasteiger partial charge < -0.3 is 17.8 Å². The molecular weight excluding hydrogens is 238 g/mol. The van der Waals surface area contributed by atoms with Gasteiger partial charge in [-0.3, -0.25) is 0 Å². The van der Waals surface area contributed by atoms with E-state index in [1.54, 1.807) is 14.2 Å². The molecule has 0 radical (unpaired) electrons. The Morgan fingerprint density at radius 1 is 1.06 bits per heavy atom. The second-order valence-electron chi connectivity index (χ2n) is 4.98. The lowest BCUT2D eigenvalue weighted by molar-refractivity contribution is 0.0691. The van der Waals surface area contributed by atoms with Crippen molar-refractivity contribution in [3.8, 4) is 0 Å². The van der Waals surface area contributed by atoms with E-state index < -0.39 is 17.0 Å². The molecule has 6 heteroatoms. The molecule has 0 spiro atoms. The number of hydrogen-bond acceptors (Lipinski definition) is 4. The molecule has 0 aromatic heterocycles. The summed E-state index contributed by atoms with van der Waals surface area (Å²) in [6.07, 6.45) is 1.02. The van der Waals surface area contributed by atoms with E-state index in [1.165, 1.54) is 0 Å². The average molecular weight is 266 g/mol. The molecule has 0 saturated carbocycles. The summed E-state index contributed by atoms with van der Waals surface area (Å²) in [6, 6.07) is 0.875. The quantitative estimate of drug-likeness (QED) is 0.498. The summed E-state index contributed by atoms with van der Waals surface area (Å²) in [7, 11) is 1.77. The van der Waals surface area contributed by atoms with Crippen LogP contribution in [0, 0.1) is 0 Å². The Bertz CT molecular complexity index is 193. The van der Waals surface area contributed by atoms with Crippen LogP contribution in [0.15, 0.2) is 0 Å². The first-order chi connectivity index (χ1) is 7.31. The Morgan fingerprint density at radius 3 is 1.88 bits per heavy atom. The van der Waals surface area contributed by atoms with E-state index in [0.29, 0.717) is 6.73 Å². The zero-order valence-electron chi connectivity index (χ0n) is 11.8. The van der Waals surface area contributed by atoms with E-state index >= 15 is 0 Å². The summed E-state index contributed by atoms with van der Waals surface area (Å²) in [5.74, 6) is 0. The smallest absolute Gasteiger partial charge is 0.377 e. The fourth-order valence-electron chi connectivity index (χ4n) is 1.17. The normalized spacial score (nSPS) is 13.5. The van der Waals surface area contributed by atoms with Gasteiger partial charge in [0.15, 0.2) is 0 Å². The molecule has 0 aliphatic rings. The summed E-state index contributed by atoms with van der Waals surface area (Å²) in [4.78, 5) is 0. The highest BCUT2D eigenvalue weighted by molar-refractivity contribution is 6.73. The average Bonchev–Trinajstić information content (AvgIpc) is 2.22. The van der Waals surface area contributed by atoms with Crippen LogP contribution in [0.3, 0.4) is 0 Å². The summed E-state index contributed by atoms with van der Waals surface area (Å²) in [5, 5.41) is 0. The molecule has 0 aromatic carbocycles. The highest BCUT2D eigenvalue weighted by Gasteiger charge is 2.38. The Labute approximate surface area is 102 Å². The van der Waals surface area contributed by atoms with Crippen LogP contribution in [0.5, 0.6) is 0 Å². The Balaban J connectivity index is 4.32. The van der Waals surface area contributed by atoms with Gasteiger partial charge in [-0.2, -0.15) is 0 Å². The monoisotopic (exact) mass is 265 g/mol. The minimum absolute atomic E-state index is 0.601. The molecule has 16 heavy (non-hydrogen) atoms. The number of rotatable bonds is 8. The molecular formula is C10H27NO3Si2. The van der Waals surface area contributed by atoms with Crippen LogP contribution in [-0.4, -0.2) is 49.6 Å². The SMILES string of the molecule is CCC[Si](OC)(OC)OCN(C)[Si](C)(C)C. The summed E-state index contributed by atoms with van der Waals surface area (Å²) in [6.45, 7) is 9.59. The molecule has 0 amide bonds. The van der Waals surface area contributed by atoms with Gasteiger partial charge in [0.25, 0.3) is 0 Å². The van der Waals surface area contributed by atoms with E-state index in [1.807, 2.05) is 0 Å². The lowest BCUT2D eigenvalue weighted by Gasteiger charge is -2.34. The molecule has 0 atom stereocenters. The fourth-order valence-corrected chi connectivity index (χ4v) is 3.71. The van der Waals surface area contributed by atoms with Crippen molar-refractivity contribution in [1.29, 1.82) is 0 Å². The van der Waals surface area contributed by atoms with E-state index in [4.69, 9.17) is 13.3 Å².